The predicted octanol–water partition coefficient (Wildman–Crippen LogP) is 8.24. The van der Waals surface area contributed by atoms with E-state index in [4.69, 9.17) is 0 Å². The summed E-state index contributed by atoms with van der Waals surface area (Å²) < 4.78 is 2.52. The zero-order chi connectivity index (χ0) is 15.6. The summed E-state index contributed by atoms with van der Waals surface area (Å²) in [5.41, 5.74) is 0. The predicted molar refractivity (Wildman–Crippen MR) is 108 cm³/mol. The van der Waals surface area contributed by atoms with Crippen molar-refractivity contribution in [2.45, 2.75) is 64.2 Å². The molecule has 2 rings (SSSR count). The highest BCUT2D eigenvalue weighted by molar-refractivity contribution is 9.11. The van der Waals surface area contributed by atoms with Gasteiger partial charge in [0.25, 0.3) is 0 Å². The molecule has 122 valence electrons. The molecule has 0 aliphatic carbocycles. The summed E-state index contributed by atoms with van der Waals surface area (Å²) in [6.07, 6.45) is 13.6. The van der Waals surface area contributed by atoms with E-state index in [2.05, 4.69) is 56.1 Å². The first-order valence-corrected chi connectivity index (χ1v) is 11.4. The third kappa shape index (κ3) is 7.76. The van der Waals surface area contributed by atoms with Crippen molar-refractivity contribution >= 4 is 54.5 Å². The fourth-order valence-corrected chi connectivity index (χ4v) is 5.68. The number of hydrogen-bond acceptors (Lipinski definition) is 2. The zero-order valence-electron chi connectivity index (χ0n) is 13.0. The van der Waals surface area contributed by atoms with E-state index >= 15 is 0 Å². The molecule has 0 spiro atoms. The summed E-state index contributed by atoms with van der Waals surface area (Å²) in [6, 6.07) is 8.82. The smallest absolute Gasteiger partial charge is 0.0701 e. The van der Waals surface area contributed by atoms with Gasteiger partial charge in [0, 0.05) is 9.75 Å². The number of unbranched alkanes of at least 4 members (excludes halogenated alkanes) is 7. The average Bonchev–Trinajstić information content (AvgIpc) is 3.09. The van der Waals surface area contributed by atoms with Gasteiger partial charge in [0.2, 0.25) is 0 Å². The van der Waals surface area contributed by atoms with Crippen molar-refractivity contribution in [3.63, 3.8) is 0 Å². The fraction of sp³-hybridized carbons (Fsp3) is 0.556. The molecule has 0 aliphatic heterocycles. The third-order valence-electron chi connectivity index (χ3n) is 3.85. The Kier molecular flexibility index (Phi) is 9.36. The second-order valence-electron chi connectivity index (χ2n) is 5.74. The van der Waals surface area contributed by atoms with E-state index in [1.54, 1.807) is 0 Å². The number of rotatable bonds is 11. The van der Waals surface area contributed by atoms with Crippen LogP contribution in [0.5, 0.6) is 0 Å². The van der Waals surface area contributed by atoms with E-state index in [0.717, 1.165) is 0 Å². The first-order valence-electron chi connectivity index (χ1n) is 8.22. The molecule has 0 atom stereocenters. The second kappa shape index (κ2) is 11.0. The molecule has 0 fully saturated rings. The van der Waals surface area contributed by atoms with E-state index < -0.39 is 0 Å². The van der Waals surface area contributed by atoms with Gasteiger partial charge in [-0.3, -0.25) is 0 Å². The average molecular weight is 464 g/mol. The van der Waals surface area contributed by atoms with Crippen molar-refractivity contribution in [1.82, 2.24) is 0 Å². The van der Waals surface area contributed by atoms with Crippen LogP contribution in [0.3, 0.4) is 0 Å². The van der Waals surface area contributed by atoms with Crippen LogP contribution in [-0.4, -0.2) is 0 Å². The lowest BCUT2D eigenvalue weighted by Gasteiger charge is -2.02. The Bertz CT molecular complexity index is 482. The molecule has 0 aromatic carbocycles. The van der Waals surface area contributed by atoms with Crippen LogP contribution in [0.1, 0.15) is 61.1 Å². The van der Waals surface area contributed by atoms with E-state index in [9.17, 15) is 0 Å². The topological polar surface area (TPSA) is 0 Å². The lowest BCUT2D eigenvalue weighted by atomic mass is 10.1. The van der Waals surface area contributed by atoms with Gasteiger partial charge in [-0.25, -0.2) is 0 Å². The Balaban J connectivity index is 1.37. The molecular formula is C18H24Br2S2. The Morgan fingerprint density at radius 3 is 1.23 bits per heavy atom. The standard InChI is InChI=1S/C18H24Br2S2/c19-17-13-11-15(21-17)9-7-5-3-1-2-4-6-8-10-16-12-14-18(20)22-16/h11-14H,1-10H2. The SMILES string of the molecule is Brc1ccc(CCCCCCCCCCc2ccc(Br)s2)s1. The summed E-state index contributed by atoms with van der Waals surface area (Å²) in [7, 11) is 0. The van der Waals surface area contributed by atoms with Crippen LogP contribution in [0.2, 0.25) is 0 Å². The highest BCUT2D eigenvalue weighted by atomic mass is 79.9. The minimum atomic E-state index is 1.26. The molecule has 0 radical (unpaired) electrons. The largest absolute Gasteiger partial charge is 0.133 e. The molecule has 0 saturated carbocycles. The first kappa shape index (κ1) is 18.7. The lowest BCUT2D eigenvalue weighted by Crippen LogP contribution is -1.85. The Labute approximate surface area is 159 Å². The van der Waals surface area contributed by atoms with Crippen molar-refractivity contribution in [2.24, 2.45) is 0 Å². The van der Waals surface area contributed by atoms with Crippen LogP contribution in [0.4, 0.5) is 0 Å². The summed E-state index contributed by atoms with van der Waals surface area (Å²) in [5.74, 6) is 0. The highest BCUT2D eigenvalue weighted by Crippen LogP contribution is 2.25. The first-order chi connectivity index (χ1) is 10.7. The Morgan fingerprint density at radius 2 is 0.909 bits per heavy atom. The maximum absolute atomic E-state index is 3.53. The maximum Gasteiger partial charge on any atom is 0.0701 e. The molecule has 0 saturated heterocycles. The minimum Gasteiger partial charge on any atom is -0.133 e. The molecule has 0 amide bonds. The molecule has 2 heterocycles. The molecule has 2 aromatic rings. The van der Waals surface area contributed by atoms with Gasteiger partial charge in [0.05, 0.1) is 7.57 Å². The van der Waals surface area contributed by atoms with Crippen LogP contribution in [0.15, 0.2) is 31.8 Å². The number of aryl methyl sites for hydroxylation is 2. The molecule has 0 bridgehead atoms. The van der Waals surface area contributed by atoms with E-state index in [-0.39, 0.29) is 0 Å². The monoisotopic (exact) mass is 462 g/mol. The van der Waals surface area contributed by atoms with Gasteiger partial charge in [-0.1, -0.05) is 38.5 Å². The molecule has 0 nitrogen and oxygen atoms in total. The summed E-state index contributed by atoms with van der Waals surface area (Å²) in [5, 5.41) is 0. The van der Waals surface area contributed by atoms with Gasteiger partial charge in [0.15, 0.2) is 0 Å². The third-order valence-corrected chi connectivity index (χ3v) is 7.22. The Morgan fingerprint density at radius 1 is 0.545 bits per heavy atom. The van der Waals surface area contributed by atoms with Gasteiger partial charge >= 0.3 is 0 Å². The summed E-state index contributed by atoms with van der Waals surface area (Å²) in [4.78, 5) is 3.04. The van der Waals surface area contributed by atoms with Crippen LogP contribution >= 0.6 is 54.5 Å². The fourth-order valence-electron chi connectivity index (χ4n) is 2.63. The van der Waals surface area contributed by atoms with E-state index in [0.29, 0.717) is 0 Å². The van der Waals surface area contributed by atoms with Gasteiger partial charge < -0.3 is 0 Å². The van der Waals surface area contributed by atoms with Crippen LogP contribution < -0.4 is 0 Å². The van der Waals surface area contributed by atoms with Gasteiger partial charge in [-0.15, -0.1) is 22.7 Å². The molecular weight excluding hydrogens is 440 g/mol. The highest BCUT2D eigenvalue weighted by Gasteiger charge is 1.99. The second-order valence-corrected chi connectivity index (χ2v) is 10.8. The maximum atomic E-state index is 3.53. The minimum absolute atomic E-state index is 1.26. The molecule has 0 N–H and O–H groups in total. The molecule has 22 heavy (non-hydrogen) atoms. The van der Waals surface area contributed by atoms with E-state index in [1.807, 2.05) is 22.7 Å². The molecule has 0 aliphatic rings. The lowest BCUT2D eigenvalue weighted by molar-refractivity contribution is 0.569. The van der Waals surface area contributed by atoms with Crippen molar-refractivity contribution < 1.29 is 0 Å². The van der Waals surface area contributed by atoms with E-state index in [1.165, 1.54) is 81.5 Å². The van der Waals surface area contributed by atoms with Crippen molar-refractivity contribution in [3.8, 4) is 0 Å². The van der Waals surface area contributed by atoms with Gasteiger partial charge in [-0.05, 0) is 81.8 Å². The molecule has 0 unspecified atom stereocenters. The van der Waals surface area contributed by atoms with Crippen molar-refractivity contribution in [3.05, 3.63) is 41.6 Å². The van der Waals surface area contributed by atoms with Gasteiger partial charge in [-0.2, -0.15) is 0 Å². The molecule has 2 aromatic heterocycles. The summed E-state index contributed by atoms with van der Waals surface area (Å²) in [6.45, 7) is 0. The van der Waals surface area contributed by atoms with Crippen molar-refractivity contribution in [2.75, 3.05) is 0 Å². The number of halogens is 2. The van der Waals surface area contributed by atoms with Gasteiger partial charge in [0.1, 0.15) is 0 Å². The van der Waals surface area contributed by atoms with Crippen LogP contribution in [0, 0.1) is 0 Å². The number of thiophene rings is 2. The number of hydrogen-bond donors (Lipinski definition) is 0. The van der Waals surface area contributed by atoms with Crippen molar-refractivity contribution in [1.29, 1.82) is 0 Å². The summed E-state index contributed by atoms with van der Waals surface area (Å²) >= 11 is 10.8. The van der Waals surface area contributed by atoms with Crippen LogP contribution in [0.25, 0.3) is 0 Å². The quantitative estimate of drug-likeness (QED) is 0.294. The normalized spacial score (nSPS) is 11.2. The zero-order valence-corrected chi connectivity index (χ0v) is 17.8. The van der Waals surface area contributed by atoms with Crippen LogP contribution in [-0.2, 0) is 12.8 Å². The molecule has 4 heteroatoms. The Hall–Kier alpha value is 0.360.